The summed E-state index contributed by atoms with van der Waals surface area (Å²) in [6.07, 6.45) is 0.837. The molecule has 0 saturated carbocycles. The molecule has 0 fully saturated rings. The van der Waals surface area contributed by atoms with Crippen LogP contribution in [0.2, 0.25) is 0 Å². The van der Waals surface area contributed by atoms with Gasteiger partial charge in [0, 0.05) is 23.7 Å². The van der Waals surface area contributed by atoms with Crippen LogP contribution in [0, 0.1) is 0 Å². The highest BCUT2D eigenvalue weighted by molar-refractivity contribution is 9.10. The highest BCUT2D eigenvalue weighted by atomic mass is 79.9. The fraction of sp³-hybridized carbons (Fsp3) is 0.200. The third-order valence-corrected chi connectivity index (χ3v) is 5.27. The Hall–Kier alpha value is -2.94. The van der Waals surface area contributed by atoms with Gasteiger partial charge in [-0.2, -0.15) is 0 Å². The van der Waals surface area contributed by atoms with Gasteiger partial charge in [-0.05, 0) is 60.2 Å². The molecule has 6 nitrogen and oxygen atoms in total. The second kappa shape index (κ2) is 12.9. The molecule has 0 spiro atoms. The lowest BCUT2D eigenvalue weighted by Crippen LogP contribution is -2.34. The standard InChI is InChI=1S/C25H25BrN2O4S/c1-30-15-16-32-23-12-7-19(26)17-22(23)24(29)28-25(33)27-20-8-10-21(11-9-20)31-14-13-18-5-3-2-4-6-18/h2-12,17H,13-16H2,1H3,(H2,27,28,29,33). The van der Waals surface area contributed by atoms with Gasteiger partial charge in [0.05, 0.1) is 18.8 Å². The maximum absolute atomic E-state index is 12.7. The monoisotopic (exact) mass is 528 g/mol. The zero-order valence-corrected chi connectivity index (χ0v) is 20.6. The summed E-state index contributed by atoms with van der Waals surface area (Å²) in [6.45, 7) is 1.34. The number of nitrogens with one attached hydrogen (secondary N) is 2. The van der Waals surface area contributed by atoms with Crippen LogP contribution in [0.5, 0.6) is 11.5 Å². The molecule has 8 heteroatoms. The fourth-order valence-electron chi connectivity index (χ4n) is 2.94. The van der Waals surface area contributed by atoms with E-state index in [1.807, 2.05) is 42.5 Å². The SMILES string of the molecule is COCCOc1ccc(Br)cc1C(=O)NC(=S)Nc1ccc(OCCc2ccccc2)cc1. The molecule has 0 aliphatic heterocycles. The Balaban J connectivity index is 1.51. The van der Waals surface area contributed by atoms with Gasteiger partial charge in [0.15, 0.2) is 5.11 Å². The summed E-state index contributed by atoms with van der Waals surface area (Å²) in [7, 11) is 1.59. The Bertz CT molecular complexity index is 1060. The summed E-state index contributed by atoms with van der Waals surface area (Å²) in [5.74, 6) is 0.841. The van der Waals surface area contributed by atoms with Gasteiger partial charge < -0.3 is 19.5 Å². The van der Waals surface area contributed by atoms with Crippen LogP contribution in [0.4, 0.5) is 5.69 Å². The highest BCUT2D eigenvalue weighted by Gasteiger charge is 2.15. The number of hydrogen-bond acceptors (Lipinski definition) is 5. The summed E-state index contributed by atoms with van der Waals surface area (Å²) < 4.78 is 17.2. The zero-order valence-electron chi connectivity index (χ0n) is 18.2. The molecule has 33 heavy (non-hydrogen) atoms. The number of halogens is 1. The molecule has 3 aromatic rings. The molecule has 0 bridgehead atoms. The van der Waals surface area contributed by atoms with E-state index in [2.05, 4.69) is 38.7 Å². The third kappa shape index (κ3) is 8.16. The number of rotatable bonds is 10. The first-order valence-corrected chi connectivity index (χ1v) is 11.6. The maximum atomic E-state index is 12.7. The zero-order chi connectivity index (χ0) is 23.5. The molecular formula is C25H25BrN2O4S. The second-order valence-electron chi connectivity index (χ2n) is 7.00. The topological polar surface area (TPSA) is 68.8 Å². The summed E-state index contributed by atoms with van der Waals surface area (Å²) in [4.78, 5) is 12.7. The summed E-state index contributed by atoms with van der Waals surface area (Å²) >= 11 is 8.69. The van der Waals surface area contributed by atoms with E-state index in [-0.39, 0.29) is 11.0 Å². The minimum absolute atomic E-state index is 0.181. The van der Waals surface area contributed by atoms with Gasteiger partial charge >= 0.3 is 0 Å². The van der Waals surface area contributed by atoms with Crippen LogP contribution in [0.1, 0.15) is 15.9 Å². The molecule has 0 aliphatic rings. The molecule has 1 amide bonds. The van der Waals surface area contributed by atoms with E-state index < -0.39 is 0 Å². The number of hydrogen-bond donors (Lipinski definition) is 2. The number of thiocarbonyl (C=S) groups is 1. The molecule has 0 aromatic heterocycles. The van der Waals surface area contributed by atoms with Gasteiger partial charge in [0.2, 0.25) is 0 Å². The Morgan fingerprint density at radius 1 is 0.939 bits per heavy atom. The van der Waals surface area contributed by atoms with Gasteiger partial charge in [-0.1, -0.05) is 46.3 Å². The Kier molecular flexibility index (Phi) is 9.68. The predicted octanol–water partition coefficient (Wildman–Crippen LogP) is 5.22. The third-order valence-electron chi connectivity index (χ3n) is 4.57. The first-order chi connectivity index (χ1) is 16.0. The number of carbonyl (C=O) groups excluding carboxylic acids is 1. The first-order valence-electron chi connectivity index (χ1n) is 10.4. The average Bonchev–Trinajstić information content (AvgIpc) is 2.82. The van der Waals surface area contributed by atoms with E-state index >= 15 is 0 Å². The predicted molar refractivity (Wildman–Crippen MR) is 137 cm³/mol. The van der Waals surface area contributed by atoms with E-state index in [9.17, 15) is 4.79 Å². The van der Waals surface area contributed by atoms with Crippen LogP contribution >= 0.6 is 28.1 Å². The van der Waals surface area contributed by atoms with Crippen molar-refractivity contribution in [3.63, 3.8) is 0 Å². The van der Waals surface area contributed by atoms with E-state index in [4.69, 9.17) is 26.4 Å². The second-order valence-corrected chi connectivity index (χ2v) is 8.32. The van der Waals surface area contributed by atoms with Gasteiger partial charge in [0.25, 0.3) is 5.91 Å². The molecule has 0 radical (unpaired) electrons. The molecule has 0 heterocycles. The molecule has 3 rings (SSSR count). The first kappa shape index (κ1) is 24.7. The molecule has 0 saturated heterocycles. The van der Waals surface area contributed by atoms with Crippen LogP contribution in [0.25, 0.3) is 0 Å². The number of benzene rings is 3. The van der Waals surface area contributed by atoms with Crippen molar-refractivity contribution in [2.75, 3.05) is 32.2 Å². The molecule has 2 N–H and O–H groups in total. The van der Waals surface area contributed by atoms with Crippen molar-refractivity contribution in [2.24, 2.45) is 0 Å². The lowest BCUT2D eigenvalue weighted by molar-refractivity contribution is 0.0969. The van der Waals surface area contributed by atoms with Crippen LogP contribution in [0.3, 0.4) is 0 Å². The van der Waals surface area contributed by atoms with Gasteiger partial charge in [0.1, 0.15) is 18.1 Å². The van der Waals surface area contributed by atoms with E-state index in [1.54, 1.807) is 25.3 Å². The van der Waals surface area contributed by atoms with Crippen molar-refractivity contribution in [1.29, 1.82) is 0 Å². The van der Waals surface area contributed by atoms with Crippen molar-refractivity contribution < 1.29 is 19.0 Å². The van der Waals surface area contributed by atoms with Crippen LogP contribution in [-0.4, -0.2) is 38.0 Å². The van der Waals surface area contributed by atoms with Crippen LogP contribution in [0.15, 0.2) is 77.3 Å². The Morgan fingerprint density at radius 3 is 2.42 bits per heavy atom. The summed E-state index contributed by atoms with van der Waals surface area (Å²) in [5, 5.41) is 5.88. The van der Waals surface area contributed by atoms with E-state index in [1.165, 1.54) is 5.56 Å². The van der Waals surface area contributed by atoms with Crippen molar-refractivity contribution >= 4 is 44.9 Å². The molecular weight excluding hydrogens is 504 g/mol. The van der Waals surface area contributed by atoms with Gasteiger partial charge in [-0.3, -0.25) is 10.1 Å². The number of methoxy groups -OCH3 is 1. The number of ether oxygens (including phenoxy) is 3. The van der Waals surface area contributed by atoms with Gasteiger partial charge in [-0.15, -0.1) is 0 Å². The lowest BCUT2D eigenvalue weighted by Gasteiger charge is -2.14. The molecule has 0 aliphatic carbocycles. The average molecular weight is 529 g/mol. The maximum Gasteiger partial charge on any atom is 0.261 e. The molecule has 3 aromatic carbocycles. The van der Waals surface area contributed by atoms with Crippen molar-refractivity contribution in [2.45, 2.75) is 6.42 Å². The lowest BCUT2D eigenvalue weighted by atomic mass is 10.2. The summed E-state index contributed by atoms with van der Waals surface area (Å²) in [5.41, 5.74) is 2.34. The quantitative estimate of drug-likeness (QED) is 0.277. The number of amides is 1. The van der Waals surface area contributed by atoms with Crippen LogP contribution < -0.4 is 20.1 Å². The fourth-order valence-corrected chi connectivity index (χ4v) is 3.51. The van der Waals surface area contributed by atoms with E-state index in [0.717, 1.165) is 22.3 Å². The molecule has 172 valence electrons. The minimum atomic E-state index is -0.373. The molecule has 0 atom stereocenters. The largest absolute Gasteiger partial charge is 0.493 e. The minimum Gasteiger partial charge on any atom is -0.493 e. The molecule has 0 unspecified atom stereocenters. The van der Waals surface area contributed by atoms with Crippen molar-refractivity contribution in [1.82, 2.24) is 5.32 Å². The van der Waals surface area contributed by atoms with Crippen molar-refractivity contribution in [3.05, 3.63) is 88.4 Å². The van der Waals surface area contributed by atoms with Crippen LogP contribution in [-0.2, 0) is 11.2 Å². The highest BCUT2D eigenvalue weighted by Crippen LogP contribution is 2.23. The Morgan fingerprint density at radius 2 is 1.70 bits per heavy atom. The summed E-state index contributed by atoms with van der Waals surface area (Å²) in [6, 6.07) is 22.8. The smallest absolute Gasteiger partial charge is 0.261 e. The number of carbonyl (C=O) groups is 1. The van der Waals surface area contributed by atoms with Crippen molar-refractivity contribution in [3.8, 4) is 11.5 Å². The Labute approximate surface area is 207 Å². The number of anilines is 1. The van der Waals surface area contributed by atoms with Gasteiger partial charge in [-0.25, -0.2) is 0 Å². The normalized spacial score (nSPS) is 10.4. The van der Waals surface area contributed by atoms with E-state index in [0.29, 0.717) is 31.1 Å².